The lowest BCUT2D eigenvalue weighted by atomic mass is 10.1. The van der Waals surface area contributed by atoms with Gasteiger partial charge in [0.25, 0.3) is 0 Å². The number of aromatic nitrogens is 1. The molecular formula is C13H10BrClFN3OS. The number of rotatable bonds is 3. The van der Waals surface area contributed by atoms with Gasteiger partial charge >= 0.3 is 0 Å². The lowest BCUT2D eigenvalue weighted by Crippen LogP contribution is -2.59. The molecule has 1 aromatic heterocycles. The molecule has 1 N–H and O–H groups in total. The molecule has 1 aliphatic heterocycles. The molecule has 2 heterocycles. The predicted octanol–water partition coefficient (Wildman–Crippen LogP) is 3.34. The van der Waals surface area contributed by atoms with Gasteiger partial charge in [-0.3, -0.25) is 4.79 Å². The summed E-state index contributed by atoms with van der Waals surface area (Å²) in [4.78, 5) is 13.3. The standard InChI is InChI=1S/C13H10BrClFN3OS/c1-2-9(20)17-6-4-19(5-6)13-7-3-8(15)10(14)11(16)12(7)18-21-13/h2-3,6H,1,4-5H2,(H,17,20). The van der Waals surface area contributed by atoms with Crippen LogP contribution < -0.4 is 10.2 Å². The maximum atomic E-state index is 14.1. The highest BCUT2D eigenvalue weighted by atomic mass is 79.9. The van der Waals surface area contributed by atoms with Crippen LogP contribution in [0.1, 0.15) is 0 Å². The van der Waals surface area contributed by atoms with Crippen molar-refractivity contribution in [2.75, 3.05) is 18.0 Å². The second kappa shape index (κ2) is 5.55. The quantitative estimate of drug-likeness (QED) is 0.646. The molecule has 0 spiro atoms. The van der Waals surface area contributed by atoms with Gasteiger partial charge in [-0.25, -0.2) is 4.39 Å². The van der Waals surface area contributed by atoms with Gasteiger partial charge in [0.1, 0.15) is 10.5 Å². The molecule has 4 nitrogen and oxygen atoms in total. The second-order valence-corrected chi connectivity index (χ2v) is 6.64. The minimum absolute atomic E-state index is 0.0726. The summed E-state index contributed by atoms with van der Waals surface area (Å²) in [6, 6.07) is 1.78. The van der Waals surface area contributed by atoms with Gasteiger partial charge in [0, 0.05) is 18.5 Å². The number of benzene rings is 1. The summed E-state index contributed by atoms with van der Waals surface area (Å²) in [5.41, 5.74) is 0.310. The Morgan fingerprint density at radius 3 is 3.05 bits per heavy atom. The fraction of sp³-hybridized carbons (Fsp3) is 0.231. The molecule has 1 saturated heterocycles. The number of hydrogen-bond acceptors (Lipinski definition) is 4. The topological polar surface area (TPSA) is 45.2 Å². The first-order chi connectivity index (χ1) is 10.0. The Hall–Kier alpha value is -1.18. The fourth-order valence-electron chi connectivity index (χ4n) is 2.20. The first kappa shape index (κ1) is 14.7. The molecule has 1 aromatic carbocycles. The van der Waals surface area contributed by atoms with Crippen LogP contribution in [0, 0.1) is 5.82 Å². The largest absolute Gasteiger partial charge is 0.357 e. The Morgan fingerprint density at radius 2 is 2.38 bits per heavy atom. The number of carbonyl (C=O) groups excluding carboxylic acids is 1. The summed E-state index contributed by atoms with van der Waals surface area (Å²) in [6.07, 6.45) is 1.25. The van der Waals surface area contributed by atoms with Gasteiger partial charge < -0.3 is 10.2 Å². The van der Waals surface area contributed by atoms with Crippen LogP contribution in [0.15, 0.2) is 23.2 Å². The lowest BCUT2D eigenvalue weighted by Gasteiger charge is -2.40. The Labute approximate surface area is 137 Å². The summed E-state index contributed by atoms with van der Waals surface area (Å²) in [5.74, 6) is -0.635. The van der Waals surface area contributed by atoms with E-state index in [0.717, 1.165) is 5.00 Å². The first-order valence-electron chi connectivity index (χ1n) is 6.12. The van der Waals surface area contributed by atoms with E-state index in [1.807, 2.05) is 4.90 Å². The molecule has 0 bridgehead atoms. The van der Waals surface area contributed by atoms with Gasteiger partial charge in [0.2, 0.25) is 5.91 Å². The van der Waals surface area contributed by atoms with Crippen molar-refractivity contribution in [3.05, 3.63) is 34.0 Å². The van der Waals surface area contributed by atoms with Crippen molar-refractivity contribution in [1.29, 1.82) is 0 Å². The van der Waals surface area contributed by atoms with Crippen LogP contribution in [-0.2, 0) is 4.79 Å². The van der Waals surface area contributed by atoms with E-state index in [9.17, 15) is 9.18 Å². The number of nitrogens with zero attached hydrogens (tertiary/aromatic N) is 2. The average molecular weight is 391 g/mol. The van der Waals surface area contributed by atoms with Crippen molar-refractivity contribution >= 4 is 60.9 Å². The molecule has 1 fully saturated rings. The van der Waals surface area contributed by atoms with Crippen LogP contribution in [0.4, 0.5) is 9.39 Å². The predicted molar refractivity (Wildman–Crippen MR) is 86.6 cm³/mol. The molecule has 1 aliphatic rings. The number of hydrogen-bond donors (Lipinski definition) is 1. The van der Waals surface area contributed by atoms with Gasteiger partial charge in [-0.2, -0.15) is 4.37 Å². The number of halogens is 3. The molecular weight excluding hydrogens is 381 g/mol. The van der Waals surface area contributed by atoms with E-state index in [1.165, 1.54) is 17.6 Å². The van der Waals surface area contributed by atoms with Crippen LogP contribution in [0.5, 0.6) is 0 Å². The Balaban J connectivity index is 1.84. The summed E-state index contributed by atoms with van der Waals surface area (Å²) in [5, 5.41) is 4.69. The SMILES string of the molecule is C=CC(=O)NC1CN(c2snc3c(F)c(Br)c(Cl)cc23)C1. The average Bonchev–Trinajstić information content (AvgIpc) is 2.83. The number of fused-ring (bicyclic) bond motifs is 1. The molecule has 0 atom stereocenters. The molecule has 3 rings (SSSR count). The van der Waals surface area contributed by atoms with Crippen molar-refractivity contribution < 1.29 is 9.18 Å². The van der Waals surface area contributed by atoms with Gasteiger partial charge in [-0.1, -0.05) is 18.2 Å². The van der Waals surface area contributed by atoms with Crippen LogP contribution in [0.3, 0.4) is 0 Å². The van der Waals surface area contributed by atoms with Crippen LogP contribution in [0.25, 0.3) is 10.9 Å². The Kier molecular flexibility index (Phi) is 3.90. The Bertz CT molecular complexity index is 745. The van der Waals surface area contributed by atoms with Crippen LogP contribution >= 0.6 is 39.1 Å². The van der Waals surface area contributed by atoms with Crippen molar-refractivity contribution in [3.63, 3.8) is 0 Å². The zero-order valence-corrected chi connectivity index (χ0v) is 13.9. The third-order valence-electron chi connectivity index (χ3n) is 3.29. The minimum Gasteiger partial charge on any atom is -0.357 e. The van der Waals surface area contributed by atoms with Gasteiger partial charge in [0.05, 0.1) is 15.5 Å². The monoisotopic (exact) mass is 389 g/mol. The summed E-state index contributed by atoms with van der Waals surface area (Å²) < 4.78 is 18.5. The molecule has 2 aromatic rings. The second-order valence-electron chi connectivity index (χ2n) is 4.68. The minimum atomic E-state index is -0.447. The normalized spacial score (nSPS) is 15.1. The van der Waals surface area contributed by atoms with E-state index in [-0.39, 0.29) is 16.4 Å². The zero-order chi connectivity index (χ0) is 15.1. The number of amides is 1. The van der Waals surface area contributed by atoms with Crippen LogP contribution in [-0.4, -0.2) is 29.4 Å². The molecule has 0 aliphatic carbocycles. The van der Waals surface area contributed by atoms with Gasteiger partial charge in [-0.15, -0.1) is 0 Å². The molecule has 0 unspecified atom stereocenters. The molecule has 8 heteroatoms. The van der Waals surface area contributed by atoms with Gasteiger partial charge in [-0.05, 0) is 39.6 Å². The lowest BCUT2D eigenvalue weighted by molar-refractivity contribution is -0.117. The maximum absolute atomic E-state index is 14.1. The molecule has 0 saturated carbocycles. The third kappa shape index (κ3) is 2.54. The van der Waals surface area contributed by atoms with Crippen molar-refractivity contribution in [3.8, 4) is 0 Å². The first-order valence-corrected chi connectivity index (χ1v) is 8.06. The Morgan fingerprint density at radius 1 is 1.67 bits per heavy atom. The summed E-state index contributed by atoms with van der Waals surface area (Å²) in [6.45, 7) is 4.73. The molecule has 0 radical (unpaired) electrons. The summed E-state index contributed by atoms with van der Waals surface area (Å²) in [7, 11) is 0. The van der Waals surface area contributed by atoms with E-state index < -0.39 is 5.82 Å². The zero-order valence-electron chi connectivity index (χ0n) is 10.7. The summed E-state index contributed by atoms with van der Waals surface area (Å²) >= 11 is 10.3. The third-order valence-corrected chi connectivity index (χ3v) is 5.52. The smallest absolute Gasteiger partial charge is 0.243 e. The van der Waals surface area contributed by atoms with E-state index in [1.54, 1.807) is 6.07 Å². The van der Waals surface area contributed by atoms with Crippen molar-refractivity contribution in [1.82, 2.24) is 9.69 Å². The number of nitrogens with one attached hydrogen (secondary N) is 1. The van der Waals surface area contributed by atoms with E-state index in [4.69, 9.17) is 11.6 Å². The fourth-order valence-corrected chi connectivity index (χ4v) is 3.57. The van der Waals surface area contributed by atoms with E-state index in [0.29, 0.717) is 29.0 Å². The van der Waals surface area contributed by atoms with E-state index >= 15 is 0 Å². The van der Waals surface area contributed by atoms with Crippen LogP contribution in [0.2, 0.25) is 5.02 Å². The molecule has 110 valence electrons. The van der Waals surface area contributed by atoms with E-state index in [2.05, 4.69) is 32.2 Å². The molecule has 1 amide bonds. The number of anilines is 1. The highest BCUT2D eigenvalue weighted by Crippen LogP contribution is 2.40. The molecule has 21 heavy (non-hydrogen) atoms. The van der Waals surface area contributed by atoms with Crippen molar-refractivity contribution in [2.24, 2.45) is 0 Å². The highest BCUT2D eigenvalue weighted by Gasteiger charge is 2.31. The maximum Gasteiger partial charge on any atom is 0.243 e. The number of carbonyl (C=O) groups is 1. The highest BCUT2D eigenvalue weighted by molar-refractivity contribution is 9.10. The van der Waals surface area contributed by atoms with Gasteiger partial charge in [0.15, 0.2) is 5.82 Å². The van der Waals surface area contributed by atoms with Crippen molar-refractivity contribution in [2.45, 2.75) is 6.04 Å².